The van der Waals surface area contributed by atoms with E-state index in [4.69, 9.17) is 10.5 Å². The van der Waals surface area contributed by atoms with Crippen LogP contribution in [0.15, 0.2) is 55.3 Å². The minimum absolute atomic E-state index is 0.278. The van der Waals surface area contributed by atoms with Crippen LogP contribution in [0, 0.1) is 5.82 Å². The number of H-pyrrole nitrogens is 1. The van der Waals surface area contributed by atoms with Gasteiger partial charge in [0.1, 0.15) is 5.82 Å². The van der Waals surface area contributed by atoms with Crippen molar-refractivity contribution < 1.29 is 9.13 Å². The molecule has 6 nitrogen and oxygen atoms in total. The third-order valence-corrected chi connectivity index (χ3v) is 4.81. The Hall–Kier alpha value is -2.90. The highest BCUT2D eigenvalue weighted by Gasteiger charge is 2.17. The zero-order chi connectivity index (χ0) is 20.5. The molecule has 1 aromatic carbocycles. The maximum atomic E-state index is 13.4. The Bertz CT molecular complexity index is 851. The van der Waals surface area contributed by atoms with Crippen LogP contribution in [0.3, 0.4) is 0 Å². The molecule has 0 spiro atoms. The first kappa shape index (κ1) is 20.8. The van der Waals surface area contributed by atoms with Crippen LogP contribution in [-0.4, -0.2) is 54.5 Å². The van der Waals surface area contributed by atoms with Crippen LogP contribution in [0.5, 0.6) is 0 Å². The Labute approximate surface area is 170 Å². The average molecular weight is 397 g/mol. The molecule has 1 aromatic heterocycles. The SMILES string of the molecule is C=C/C=C(\C=C/N)c1c(NCCCN2CCOCC2)n[nH]c1-c1ccc(F)cc1. The topological polar surface area (TPSA) is 79.2 Å². The number of morpholine rings is 1. The molecule has 4 N–H and O–H groups in total. The van der Waals surface area contributed by atoms with E-state index >= 15 is 0 Å². The van der Waals surface area contributed by atoms with Gasteiger partial charge in [0.2, 0.25) is 0 Å². The van der Waals surface area contributed by atoms with Crippen LogP contribution < -0.4 is 11.1 Å². The Morgan fingerprint density at radius 2 is 2.07 bits per heavy atom. The van der Waals surface area contributed by atoms with Crippen molar-refractivity contribution >= 4 is 11.4 Å². The molecule has 0 unspecified atom stereocenters. The van der Waals surface area contributed by atoms with Crippen LogP contribution in [0.25, 0.3) is 16.8 Å². The van der Waals surface area contributed by atoms with E-state index in [-0.39, 0.29) is 5.82 Å². The summed E-state index contributed by atoms with van der Waals surface area (Å²) >= 11 is 0. The van der Waals surface area contributed by atoms with Gasteiger partial charge in [0.15, 0.2) is 5.82 Å². The molecule has 2 aromatic rings. The van der Waals surface area contributed by atoms with Crippen molar-refractivity contribution in [2.24, 2.45) is 5.73 Å². The third kappa shape index (κ3) is 5.56. The maximum Gasteiger partial charge on any atom is 0.156 e. The highest BCUT2D eigenvalue weighted by molar-refractivity contribution is 5.90. The fourth-order valence-corrected chi connectivity index (χ4v) is 3.36. The fourth-order valence-electron chi connectivity index (χ4n) is 3.36. The summed E-state index contributed by atoms with van der Waals surface area (Å²) in [5.74, 6) is 0.456. The smallest absolute Gasteiger partial charge is 0.156 e. The van der Waals surface area contributed by atoms with Crippen LogP contribution in [-0.2, 0) is 4.74 Å². The van der Waals surface area contributed by atoms with Crippen LogP contribution in [0.1, 0.15) is 12.0 Å². The lowest BCUT2D eigenvalue weighted by molar-refractivity contribution is 0.0378. The number of allylic oxidation sites excluding steroid dienone is 4. The Kier molecular flexibility index (Phi) is 7.61. The zero-order valence-corrected chi connectivity index (χ0v) is 16.5. The summed E-state index contributed by atoms with van der Waals surface area (Å²) in [6, 6.07) is 6.33. The monoisotopic (exact) mass is 397 g/mol. The number of hydrogen-bond donors (Lipinski definition) is 3. The minimum atomic E-state index is -0.278. The number of nitrogens with zero attached hydrogens (tertiary/aromatic N) is 2. The minimum Gasteiger partial charge on any atom is -0.405 e. The molecule has 0 saturated carbocycles. The predicted molar refractivity (Wildman–Crippen MR) is 116 cm³/mol. The van der Waals surface area contributed by atoms with E-state index in [0.29, 0.717) is 0 Å². The van der Waals surface area contributed by atoms with Gasteiger partial charge in [-0.05, 0) is 55.1 Å². The highest BCUT2D eigenvalue weighted by Crippen LogP contribution is 2.33. The van der Waals surface area contributed by atoms with Crippen LogP contribution >= 0.6 is 0 Å². The van der Waals surface area contributed by atoms with E-state index in [0.717, 1.165) is 74.0 Å². The van der Waals surface area contributed by atoms with Gasteiger partial charge < -0.3 is 15.8 Å². The van der Waals surface area contributed by atoms with E-state index in [1.807, 2.05) is 6.08 Å². The number of rotatable bonds is 9. The fraction of sp³-hybridized carbons (Fsp3) is 0.318. The van der Waals surface area contributed by atoms with Crippen LogP contribution in [0.4, 0.5) is 10.2 Å². The molecule has 1 saturated heterocycles. The standard InChI is InChI=1S/C22H28FN5O/c1-2-4-17(9-10-24)20-21(18-5-7-19(23)8-6-18)26-27-22(20)25-11-3-12-28-13-15-29-16-14-28/h2,4-10H,1,3,11-16,24H2,(H2,25,26,27)/b10-9-,17-4+. The summed E-state index contributed by atoms with van der Waals surface area (Å²) in [7, 11) is 0. The van der Waals surface area contributed by atoms with Gasteiger partial charge in [-0.3, -0.25) is 10.00 Å². The van der Waals surface area contributed by atoms with Crippen LogP contribution in [0.2, 0.25) is 0 Å². The van der Waals surface area contributed by atoms with Gasteiger partial charge in [-0.1, -0.05) is 18.7 Å². The summed E-state index contributed by atoms with van der Waals surface area (Å²) in [6.07, 6.45) is 7.86. The molecular formula is C22H28FN5O. The van der Waals surface area contributed by atoms with Gasteiger partial charge in [0.25, 0.3) is 0 Å². The number of nitrogens with two attached hydrogens (primary N) is 1. The van der Waals surface area contributed by atoms with Crippen molar-refractivity contribution in [2.45, 2.75) is 6.42 Å². The first-order valence-electron chi connectivity index (χ1n) is 9.82. The molecule has 1 aliphatic heterocycles. The van der Waals surface area contributed by atoms with Gasteiger partial charge in [-0.25, -0.2) is 4.39 Å². The third-order valence-electron chi connectivity index (χ3n) is 4.81. The molecule has 1 fully saturated rings. The molecule has 0 amide bonds. The van der Waals surface area contributed by atoms with Crippen molar-refractivity contribution in [2.75, 3.05) is 44.7 Å². The lowest BCUT2D eigenvalue weighted by atomic mass is 10.00. The number of nitrogens with one attached hydrogen (secondary N) is 2. The highest BCUT2D eigenvalue weighted by atomic mass is 19.1. The first-order valence-corrected chi connectivity index (χ1v) is 9.82. The molecule has 1 aliphatic rings. The number of halogens is 1. The first-order chi connectivity index (χ1) is 14.2. The molecular weight excluding hydrogens is 369 g/mol. The number of aromatic amines is 1. The van der Waals surface area contributed by atoms with Crippen molar-refractivity contribution in [1.29, 1.82) is 0 Å². The Balaban J connectivity index is 1.79. The second-order valence-corrected chi connectivity index (χ2v) is 6.78. The summed E-state index contributed by atoms with van der Waals surface area (Å²) in [5.41, 5.74) is 9.04. The van der Waals surface area contributed by atoms with Crippen molar-refractivity contribution in [1.82, 2.24) is 15.1 Å². The summed E-state index contributed by atoms with van der Waals surface area (Å²) < 4.78 is 18.8. The molecule has 0 bridgehead atoms. The number of benzene rings is 1. The lowest BCUT2D eigenvalue weighted by Gasteiger charge is -2.26. The summed E-state index contributed by atoms with van der Waals surface area (Å²) in [5, 5.41) is 11.0. The summed E-state index contributed by atoms with van der Waals surface area (Å²) in [4.78, 5) is 2.40. The lowest BCUT2D eigenvalue weighted by Crippen LogP contribution is -2.37. The van der Waals surface area contributed by atoms with E-state index in [9.17, 15) is 4.39 Å². The number of aromatic nitrogens is 2. The Morgan fingerprint density at radius 1 is 1.31 bits per heavy atom. The second-order valence-electron chi connectivity index (χ2n) is 6.78. The number of ether oxygens (including phenoxy) is 1. The van der Waals surface area contributed by atoms with Crippen molar-refractivity contribution in [3.05, 3.63) is 66.7 Å². The average Bonchev–Trinajstić information content (AvgIpc) is 3.16. The predicted octanol–water partition coefficient (Wildman–Crippen LogP) is 3.39. The molecule has 7 heteroatoms. The molecule has 3 rings (SSSR count). The number of hydrogen-bond acceptors (Lipinski definition) is 5. The molecule has 154 valence electrons. The quantitative estimate of drug-likeness (QED) is 0.447. The van der Waals surface area contributed by atoms with Crippen molar-refractivity contribution in [3.8, 4) is 11.3 Å². The Morgan fingerprint density at radius 3 is 2.76 bits per heavy atom. The summed E-state index contributed by atoms with van der Waals surface area (Å²) in [6.45, 7) is 9.17. The van der Waals surface area contributed by atoms with E-state index < -0.39 is 0 Å². The zero-order valence-electron chi connectivity index (χ0n) is 16.5. The normalized spacial score (nSPS) is 15.7. The van der Waals surface area contributed by atoms with Gasteiger partial charge >= 0.3 is 0 Å². The molecule has 0 atom stereocenters. The molecule has 29 heavy (non-hydrogen) atoms. The largest absolute Gasteiger partial charge is 0.405 e. The van der Waals surface area contributed by atoms with Gasteiger partial charge in [0.05, 0.1) is 24.5 Å². The second kappa shape index (κ2) is 10.6. The molecule has 0 aliphatic carbocycles. The maximum absolute atomic E-state index is 13.4. The van der Waals surface area contributed by atoms with E-state index in [2.05, 4.69) is 27.0 Å². The van der Waals surface area contributed by atoms with E-state index in [1.165, 1.54) is 18.3 Å². The molecule has 2 heterocycles. The van der Waals surface area contributed by atoms with Gasteiger partial charge in [-0.2, -0.15) is 5.10 Å². The number of anilines is 1. The van der Waals surface area contributed by atoms with Crippen molar-refractivity contribution in [3.63, 3.8) is 0 Å². The van der Waals surface area contributed by atoms with Gasteiger partial charge in [0, 0.05) is 25.2 Å². The molecule has 0 radical (unpaired) electrons. The van der Waals surface area contributed by atoms with E-state index in [1.54, 1.807) is 24.3 Å². The van der Waals surface area contributed by atoms with Gasteiger partial charge in [-0.15, -0.1) is 0 Å².